The van der Waals surface area contributed by atoms with Gasteiger partial charge in [0.1, 0.15) is 6.04 Å². The molecule has 0 bridgehead atoms. The summed E-state index contributed by atoms with van der Waals surface area (Å²) >= 11 is 6.17. The van der Waals surface area contributed by atoms with Crippen LogP contribution in [0.2, 0.25) is 5.02 Å². The molecule has 22 heavy (non-hydrogen) atoms. The predicted octanol–water partition coefficient (Wildman–Crippen LogP) is 3.38. The molecule has 0 fully saturated rings. The molecule has 0 saturated heterocycles. The highest BCUT2D eigenvalue weighted by Crippen LogP contribution is 2.19. The fourth-order valence-electron chi connectivity index (χ4n) is 2.06. The molecule has 0 aliphatic rings. The smallest absolute Gasteiger partial charge is 0.242 e. The van der Waals surface area contributed by atoms with Crippen LogP contribution in [-0.4, -0.2) is 28.8 Å². The number of benzene rings is 1. The number of nitrogens with zero attached hydrogens (tertiary/aromatic N) is 1. The molecule has 4 nitrogen and oxygen atoms in total. The van der Waals surface area contributed by atoms with E-state index in [1.165, 1.54) is 0 Å². The van der Waals surface area contributed by atoms with Crippen LogP contribution in [0.3, 0.4) is 0 Å². The van der Waals surface area contributed by atoms with Crippen LogP contribution in [0.5, 0.6) is 0 Å². The van der Waals surface area contributed by atoms with Gasteiger partial charge in [-0.2, -0.15) is 0 Å². The van der Waals surface area contributed by atoms with Crippen molar-refractivity contribution in [3.8, 4) is 0 Å². The lowest BCUT2D eigenvalue weighted by molar-refractivity contribution is -0.140. The number of carbonyl (C=O) groups is 2. The molecular formula is C17H25ClN2O2. The molecule has 5 heteroatoms. The molecule has 2 atom stereocenters. The normalized spacial score (nSPS) is 13.3. The summed E-state index contributed by atoms with van der Waals surface area (Å²) in [6.07, 6.45) is 1.20. The van der Waals surface area contributed by atoms with E-state index in [1.54, 1.807) is 24.8 Å². The Bertz CT molecular complexity index is 519. The zero-order valence-electron chi connectivity index (χ0n) is 13.7. The van der Waals surface area contributed by atoms with Gasteiger partial charge in [0.15, 0.2) is 0 Å². The molecule has 122 valence electrons. The fourth-order valence-corrected chi connectivity index (χ4v) is 2.26. The van der Waals surface area contributed by atoms with Gasteiger partial charge in [0, 0.05) is 24.0 Å². The number of amides is 2. The van der Waals surface area contributed by atoms with Crippen molar-refractivity contribution in [3.63, 3.8) is 0 Å². The van der Waals surface area contributed by atoms with Crippen molar-refractivity contribution in [1.82, 2.24) is 10.2 Å². The SMILES string of the molecule is CCC(=O)N(Cc1ccccc1Cl)[C@@H](C)C(=O)N[C@H](C)CC. The largest absolute Gasteiger partial charge is 0.352 e. The molecule has 1 aromatic rings. The van der Waals surface area contributed by atoms with Gasteiger partial charge in [-0.05, 0) is 31.9 Å². The first kappa shape index (κ1) is 18.5. The van der Waals surface area contributed by atoms with E-state index in [4.69, 9.17) is 11.6 Å². The third kappa shape index (κ3) is 5.02. The maximum Gasteiger partial charge on any atom is 0.242 e. The summed E-state index contributed by atoms with van der Waals surface area (Å²) < 4.78 is 0. The van der Waals surface area contributed by atoms with Gasteiger partial charge in [-0.3, -0.25) is 9.59 Å². The lowest BCUT2D eigenvalue weighted by atomic mass is 10.1. The number of hydrogen-bond donors (Lipinski definition) is 1. The molecule has 1 N–H and O–H groups in total. The summed E-state index contributed by atoms with van der Waals surface area (Å²) in [6.45, 7) is 7.84. The van der Waals surface area contributed by atoms with Crippen LogP contribution in [0.25, 0.3) is 0 Å². The second-order valence-corrected chi connectivity index (χ2v) is 5.87. The summed E-state index contributed by atoms with van der Waals surface area (Å²) in [4.78, 5) is 26.1. The minimum absolute atomic E-state index is 0.0632. The van der Waals surface area contributed by atoms with E-state index in [9.17, 15) is 9.59 Å². The zero-order valence-corrected chi connectivity index (χ0v) is 14.5. The maximum atomic E-state index is 12.3. The summed E-state index contributed by atoms with van der Waals surface area (Å²) in [5, 5.41) is 3.53. The molecule has 0 aliphatic carbocycles. The Labute approximate surface area is 137 Å². The monoisotopic (exact) mass is 324 g/mol. The summed E-state index contributed by atoms with van der Waals surface area (Å²) in [5.41, 5.74) is 0.842. The molecule has 2 amide bonds. The summed E-state index contributed by atoms with van der Waals surface area (Å²) in [6, 6.07) is 6.94. The van der Waals surface area contributed by atoms with Crippen LogP contribution < -0.4 is 5.32 Å². The van der Waals surface area contributed by atoms with Crippen molar-refractivity contribution in [1.29, 1.82) is 0 Å². The second-order valence-electron chi connectivity index (χ2n) is 5.46. The Morgan fingerprint density at radius 1 is 1.23 bits per heavy atom. The van der Waals surface area contributed by atoms with Gasteiger partial charge < -0.3 is 10.2 Å². The van der Waals surface area contributed by atoms with Gasteiger partial charge in [0.2, 0.25) is 11.8 Å². The van der Waals surface area contributed by atoms with Crippen LogP contribution in [0, 0.1) is 0 Å². The minimum atomic E-state index is -0.530. The first-order valence-electron chi connectivity index (χ1n) is 7.73. The molecule has 1 aromatic carbocycles. The van der Waals surface area contributed by atoms with Gasteiger partial charge in [0.05, 0.1) is 0 Å². The Hall–Kier alpha value is -1.55. The van der Waals surface area contributed by atoms with E-state index in [0.29, 0.717) is 18.0 Å². The van der Waals surface area contributed by atoms with E-state index in [0.717, 1.165) is 12.0 Å². The van der Waals surface area contributed by atoms with Crippen molar-refractivity contribution in [2.75, 3.05) is 0 Å². The number of carbonyl (C=O) groups excluding carboxylic acids is 2. The van der Waals surface area contributed by atoms with E-state index in [-0.39, 0.29) is 17.9 Å². The first-order valence-corrected chi connectivity index (χ1v) is 8.11. The van der Waals surface area contributed by atoms with E-state index < -0.39 is 6.04 Å². The Kier molecular flexibility index (Phi) is 7.39. The molecule has 0 aromatic heterocycles. The lowest BCUT2D eigenvalue weighted by Crippen LogP contribution is -2.49. The molecule has 0 aliphatic heterocycles. The van der Waals surface area contributed by atoms with Crippen molar-refractivity contribution in [3.05, 3.63) is 34.9 Å². The van der Waals surface area contributed by atoms with Gasteiger partial charge in [-0.1, -0.05) is 43.6 Å². The minimum Gasteiger partial charge on any atom is -0.352 e. The lowest BCUT2D eigenvalue weighted by Gasteiger charge is -2.29. The molecule has 0 radical (unpaired) electrons. The van der Waals surface area contributed by atoms with Crippen molar-refractivity contribution >= 4 is 23.4 Å². The molecule has 0 spiro atoms. The van der Waals surface area contributed by atoms with Crippen molar-refractivity contribution in [2.45, 2.75) is 59.2 Å². The topological polar surface area (TPSA) is 49.4 Å². The molecule has 0 unspecified atom stereocenters. The van der Waals surface area contributed by atoms with Crippen LogP contribution >= 0.6 is 11.6 Å². The summed E-state index contributed by atoms with van der Waals surface area (Å²) in [5.74, 6) is -0.199. The van der Waals surface area contributed by atoms with E-state index in [1.807, 2.05) is 32.0 Å². The third-order valence-corrected chi connectivity index (χ3v) is 4.14. The predicted molar refractivity (Wildman–Crippen MR) is 89.7 cm³/mol. The Balaban J connectivity index is 2.91. The quantitative estimate of drug-likeness (QED) is 0.836. The average molecular weight is 325 g/mol. The van der Waals surface area contributed by atoms with Gasteiger partial charge in [0.25, 0.3) is 0 Å². The van der Waals surface area contributed by atoms with E-state index in [2.05, 4.69) is 5.32 Å². The first-order chi connectivity index (χ1) is 10.4. The van der Waals surface area contributed by atoms with Crippen LogP contribution in [-0.2, 0) is 16.1 Å². The van der Waals surface area contributed by atoms with Crippen LogP contribution in [0.15, 0.2) is 24.3 Å². The van der Waals surface area contributed by atoms with Crippen LogP contribution in [0.1, 0.15) is 46.1 Å². The van der Waals surface area contributed by atoms with Gasteiger partial charge in [-0.25, -0.2) is 0 Å². The van der Waals surface area contributed by atoms with Crippen molar-refractivity contribution in [2.24, 2.45) is 0 Å². The highest BCUT2D eigenvalue weighted by atomic mass is 35.5. The second kappa shape index (κ2) is 8.79. The molecular weight excluding hydrogens is 300 g/mol. The van der Waals surface area contributed by atoms with Crippen molar-refractivity contribution < 1.29 is 9.59 Å². The van der Waals surface area contributed by atoms with Crippen LogP contribution in [0.4, 0.5) is 0 Å². The molecule has 1 rings (SSSR count). The maximum absolute atomic E-state index is 12.3. The number of rotatable bonds is 7. The Morgan fingerprint density at radius 2 is 1.86 bits per heavy atom. The highest BCUT2D eigenvalue weighted by Gasteiger charge is 2.26. The fraction of sp³-hybridized carbons (Fsp3) is 0.529. The zero-order chi connectivity index (χ0) is 16.7. The highest BCUT2D eigenvalue weighted by molar-refractivity contribution is 6.31. The number of nitrogens with one attached hydrogen (secondary N) is 1. The number of hydrogen-bond acceptors (Lipinski definition) is 2. The summed E-state index contributed by atoms with van der Waals surface area (Å²) in [7, 11) is 0. The molecule has 0 saturated carbocycles. The number of halogens is 1. The third-order valence-electron chi connectivity index (χ3n) is 3.77. The van der Waals surface area contributed by atoms with Gasteiger partial charge >= 0.3 is 0 Å². The average Bonchev–Trinajstić information content (AvgIpc) is 2.52. The van der Waals surface area contributed by atoms with E-state index >= 15 is 0 Å². The standard InChI is InChI=1S/C17H25ClN2O2/c1-5-12(3)19-17(22)13(4)20(16(21)6-2)11-14-9-7-8-10-15(14)18/h7-10,12-13H,5-6,11H2,1-4H3,(H,19,22)/t12-,13+/m1/s1. The van der Waals surface area contributed by atoms with Gasteiger partial charge in [-0.15, -0.1) is 0 Å². The molecule has 0 heterocycles. The Morgan fingerprint density at radius 3 is 2.41 bits per heavy atom.